The summed E-state index contributed by atoms with van der Waals surface area (Å²) in [5, 5.41) is 12.4. The standard InChI is InChI=1S/C14H21N3S/c1-5-17-12(6-11(3)16-17)7-14(15-4)13-9-18-8-10(13)2/h6,8-9,14-15H,5,7H2,1-4H3. The summed E-state index contributed by atoms with van der Waals surface area (Å²) in [7, 11) is 2.03. The van der Waals surface area contributed by atoms with E-state index in [9.17, 15) is 0 Å². The predicted molar refractivity (Wildman–Crippen MR) is 77.2 cm³/mol. The Morgan fingerprint density at radius 1 is 1.39 bits per heavy atom. The number of nitrogens with zero attached hydrogens (tertiary/aromatic N) is 2. The first kappa shape index (κ1) is 13.3. The molecule has 0 saturated carbocycles. The van der Waals surface area contributed by atoms with E-state index in [1.807, 2.05) is 7.05 Å². The molecule has 2 aromatic heterocycles. The minimum atomic E-state index is 0.373. The van der Waals surface area contributed by atoms with Gasteiger partial charge >= 0.3 is 0 Å². The van der Waals surface area contributed by atoms with Crippen molar-refractivity contribution in [2.45, 2.75) is 39.8 Å². The van der Waals surface area contributed by atoms with Crippen LogP contribution < -0.4 is 5.32 Å². The largest absolute Gasteiger partial charge is 0.313 e. The Kier molecular flexibility index (Phi) is 4.19. The summed E-state index contributed by atoms with van der Waals surface area (Å²) in [6, 6.07) is 2.56. The van der Waals surface area contributed by atoms with Crippen molar-refractivity contribution in [1.29, 1.82) is 0 Å². The summed E-state index contributed by atoms with van der Waals surface area (Å²) in [6.45, 7) is 7.31. The van der Waals surface area contributed by atoms with Crippen LogP contribution in [0, 0.1) is 13.8 Å². The van der Waals surface area contributed by atoms with Gasteiger partial charge in [0.05, 0.1) is 5.69 Å². The third-order valence-electron chi connectivity index (χ3n) is 3.32. The number of aryl methyl sites for hydroxylation is 3. The Morgan fingerprint density at radius 2 is 2.17 bits per heavy atom. The van der Waals surface area contributed by atoms with Gasteiger partial charge in [0, 0.05) is 24.7 Å². The minimum absolute atomic E-state index is 0.373. The van der Waals surface area contributed by atoms with Gasteiger partial charge in [-0.1, -0.05) is 0 Å². The maximum atomic E-state index is 4.51. The van der Waals surface area contributed by atoms with E-state index in [1.165, 1.54) is 16.8 Å². The number of nitrogens with one attached hydrogen (secondary N) is 1. The average Bonchev–Trinajstić information content (AvgIpc) is 2.92. The topological polar surface area (TPSA) is 29.9 Å². The highest BCUT2D eigenvalue weighted by Crippen LogP contribution is 2.24. The van der Waals surface area contributed by atoms with Gasteiger partial charge in [-0.3, -0.25) is 4.68 Å². The van der Waals surface area contributed by atoms with E-state index in [0.717, 1.165) is 18.7 Å². The van der Waals surface area contributed by atoms with Crippen molar-refractivity contribution in [1.82, 2.24) is 15.1 Å². The molecule has 18 heavy (non-hydrogen) atoms. The lowest BCUT2D eigenvalue weighted by atomic mass is 10.0. The maximum Gasteiger partial charge on any atom is 0.0596 e. The summed E-state index contributed by atoms with van der Waals surface area (Å²) < 4.78 is 2.10. The van der Waals surface area contributed by atoms with Crippen LogP contribution in [-0.2, 0) is 13.0 Å². The van der Waals surface area contributed by atoms with Gasteiger partial charge in [0.15, 0.2) is 0 Å². The molecule has 0 amide bonds. The van der Waals surface area contributed by atoms with Gasteiger partial charge < -0.3 is 5.32 Å². The van der Waals surface area contributed by atoms with Crippen LogP contribution in [0.4, 0.5) is 0 Å². The highest BCUT2D eigenvalue weighted by Gasteiger charge is 2.16. The third kappa shape index (κ3) is 2.65. The number of hydrogen-bond acceptors (Lipinski definition) is 3. The van der Waals surface area contributed by atoms with Crippen molar-refractivity contribution in [2.75, 3.05) is 7.05 Å². The van der Waals surface area contributed by atoms with Gasteiger partial charge in [0.1, 0.15) is 0 Å². The fourth-order valence-electron chi connectivity index (χ4n) is 2.34. The van der Waals surface area contributed by atoms with Crippen LogP contribution in [0.15, 0.2) is 16.8 Å². The van der Waals surface area contributed by atoms with Gasteiger partial charge in [-0.2, -0.15) is 16.4 Å². The molecule has 0 bridgehead atoms. The molecule has 0 radical (unpaired) electrons. The van der Waals surface area contributed by atoms with Crippen molar-refractivity contribution in [3.63, 3.8) is 0 Å². The molecule has 0 aliphatic rings. The Labute approximate surface area is 113 Å². The van der Waals surface area contributed by atoms with Gasteiger partial charge in [0.25, 0.3) is 0 Å². The van der Waals surface area contributed by atoms with E-state index < -0.39 is 0 Å². The van der Waals surface area contributed by atoms with Crippen molar-refractivity contribution in [3.05, 3.63) is 39.3 Å². The normalized spacial score (nSPS) is 12.9. The minimum Gasteiger partial charge on any atom is -0.313 e. The molecule has 1 atom stereocenters. The molecular formula is C14H21N3S. The quantitative estimate of drug-likeness (QED) is 0.898. The Morgan fingerprint density at radius 3 is 2.72 bits per heavy atom. The van der Waals surface area contributed by atoms with E-state index in [-0.39, 0.29) is 0 Å². The Balaban J connectivity index is 2.23. The van der Waals surface area contributed by atoms with Crippen LogP contribution in [-0.4, -0.2) is 16.8 Å². The number of hydrogen-bond donors (Lipinski definition) is 1. The maximum absolute atomic E-state index is 4.51. The Hall–Kier alpha value is -1.13. The summed E-state index contributed by atoms with van der Waals surface area (Å²) in [4.78, 5) is 0. The molecule has 1 unspecified atom stereocenters. The highest BCUT2D eigenvalue weighted by atomic mass is 32.1. The van der Waals surface area contributed by atoms with E-state index in [1.54, 1.807) is 11.3 Å². The van der Waals surface area contributed by atoms with E-state index in [0.29, 0.717) is 6.04 Å². The fourth-order valence-corrected chi connectivity index (χ4v) is 3.25. The van der Waals surface area contributed by atoms with Gasteiger partial charge in [0.2, 0.25) is 0 Å². The summed E-state index contributed by atoms with van der Waals surface area (Å²) >= 11 is 1.77. The first-order chi connectivity index (χ1) is 8.65. The summed E-state index contributed by atoms with van der Waals surface area (Å²) in [6.07, 6.45) is 0.989. The molecule has 98 valence electrons. The zero-order chi connectivity index (χ0) is 13.1. The third-order valence-corrected chi connectivity index (χ3v) is 4.20. The van der Waals surface area contributed by atoms with Crippen molar-refractivity contribution in [2.24, 2.45) is 0 Å². The highest BCUT2D eigenvalue weighted by molar-refractivity contribution is 7.08. The van der Waals surface area contributed by atoms with Crippen LogP contribution in [0.5, 0.6) is 0 Å². The lowest BCUT2D eigenvalue weighted by Crippen LogP contribution is -2.20. The van der Waals surface area contributed by atoms with Crippen molar-refractivity contribution in [3.8, 4) is 0 Å². The molecule has 0 aliphatic carbocycles. The van der Waals surface area contributed by atoms with Crippen LogP contribution in [0.1, 0.15) is 35.5 Å². The monoisotopic (exact) mass is 263 g/mol. The number of aromatic nitrogens is 2. The van der Waals surface area contributed by atoms with Crippen molar-refractivity contribution >= 4 is 11.3 Å². The van der Waals surface area contributed by atoms with Crippen LogP contribution in [0.3, 0.4) is 0 Å². The lowest BCUT2D eigenvalue weighted by Gasteiger charge is -2.17. The number of rotatable bonds is 5. The van der Waals surface area contributed by atoms with E-state index in [2.05, 4.69) is 52.7 Å². The lowest BCUT2D eigenvalue weighted by molar-refractivity contribution is 0.540. The smallest absolute Gasteiger partial charge is 0.0596 e. The molecule has 2 aromatic rings. The second-order valence-corrected chi connectivity index (χ2v) is 5.39. The van der Waals surface area contributed by atoms with Gasteiger partial charge in [-0.05, 0) is 55.8 Å². The Bertz CT molecular complexity index is 513. The first-order valence-corrected chi connectivity index (χ1v) is 7.33. The fraction of sp³-hybridized carbons (Fsp3) is 0.500. The number of thiophene rings is 1. The second kappa shape index (κ2) is 5.67. The zero-order valence-electron chi connectivity index (χ0n) is 11.5. The molecule has 2 rings (SSSR count). The molecule has 0 aliphatic heterocycles. The number of likely N-dealkylation sites (N-methyl/N-ethyl adjacent to an activating group) is 1. The molecular weight excluding hydrogens is 242 g/mol. The first-order valence-electron chi connectivity index (χ1n) is 6.39. The molecule has 1 N–H and O–H groups in total. The summed E-state index contributed by atoms with van der Waals surface area (Å²) in [5.74, 6) is 0. The molecule has 0 spiro atoms. The van der Waals surface area contributed by atoms with Gasteiger partial charge in [-0.25, -0.2) is 0 Å². The molecule has 2 heterocycles. The molecule has 4 heteroatoms. The molecule has 0 aromatic carbocycles. The molecule has 0 fully saturated rings. The van der Waals surface area contributed by atoms with E-state index >= 15 is 0 Å². The van der Waals surface area contributed by atoms with Crippen LogP contribution in [0.2, 0.25) is 0 Å². The molecule has 3 nitrogen and oxygen atoms in total. The van der Waals surface area contributed by atoms with Crippen LogP contribution in [0.25, 0.3) is 0 Å². The SMILES string of the molecule is CCn1nc(C)cc1CC(NC)c1cscc1C. The predicted octanol–water partition coefficient (Wildman–Crippen LogP) is 3.08. The average molecular weight is 263 g/mol. The van der Waals surface area contributed by atoms with Crippen molar-refractivity contribution < 1.29 is 0 Å². The van der Waals surface area contributed by atoms with Crippen LogP contribution >= 0.6 is 11.3 Å². The second-order valence-electron chi connectivity index (χ2n) is 4.65. The van der Waals surface area contributed by atoms with Gasteiger partial charge in [-0.15, -0.1) is 0 Å². The summed E-state index contributed by atoms with van der Waals surface area (Å²) in [5.41, 5.74) is 5.19. The van der Waals surface area contributed by atoms with E-state index in [4.69, 9.17) is 0 Å². The zero-order valence-corrected chi connectivity index (χ0v) is 12.3. The molecule has 0 saturated heterocycles.